The van der Waals surface area contributed by atoms with E-state index in [1.165, 1.54) is 0 Å². The van der Waals surface area contributed by atoms with Gasteiger partial charge in [0.2, 0.25) is 0 Å². The van der Waals surface area contributed by atoms with Gasteiger partial charge in [-0.1, -0.05) is 60.5 Å². The third kappa shape index (κ3) is 4.58. The number of carbonyl (C=O) groups is 1. The molecule has 4 rings (SSSR count). The number of benzene rings is 2. The van der Waals surface area contributed by atoms with Crippen LogP contribution in [0.2, 0.25) is 5.02 Å². The van der Waals surface area contributed by atoms with Crippen LogP contribution in [0.5, 0.6) is 0 Å². The average Bonchev–Trinajstić information content (AvgIpc) is 2.93. The molecule has 0 radical (unpaired) electrons. The Labute approximate surface area is 181 Å². The Kier molecular flexibility index (Phi) is 6.50. The minimum absolute atomic E-state index is 0.166. The van der Waals surface area contributed by atoms with Crippen LogP contribution in [-0.4, -0.2) is 27.4 Å². The third-order valence-corrected chi connectivity index (χ3v) is 5.87. The van der Waals surface area contributed by atoms with E-state index in [0.717, 1.165) is 54.5 Å². The number of rotatable bonds is 6. The maximum absolute atomic E-state index is 13.2. The second kappa shape index (κ2) is 9.45. The van der Waals surface area contributed by atoms with Gasteiger partial charge in [-0.05, 0) is 48.9 Å². The molecule has 156 valence electrons. The van der Waals surface area contributed by atoms with E-state index in [9.17, 15) is 9.90 Å². The van der Waals surface area contributed by atoms with Crippen LogP contribution in [0.4, 0.5) is 0 Å². The van der Waals surface area contributed by atoms with E-state index in [-0.39, 0.29) is 12.5 Å². The lowest BCUT2D eigenvalue weighted by Gasteiger charge is -2.16. The van der Waals surface area contributed by atoms with Crippen LogP contribution in [0.25, 0.3) is 0 Å². The molecule has 2 N–H and O–H groups in total. The van der Waals surface area contributed by atoms with Crippen LogP contribution in [-0.2, 0) is 19.4 Å². The molecule has 1 aliphatic carbocycles. The summed E-state index contributed by atoms with van der Waals surface area (Å²) < 4.78 is 1.96. The first kappa shape index (κ1) is 20.6. The average molecular weight is 424 g/mol. The molecule has 0 saturated carbocycles. The summed E-state index contributed by atoms with van der Waals surface area (Å²) in [7, 11) is 0. The Bertz CT molecular complexity index is 1020. The summed E-state index contributed by atoms with van der Waals surface area (Å²) in [6, 6.07) is 16.8. The zero-order valence-electron chi connectivity index (χ0n) is 16.9. The molecule has 1 aromatic heterocycles. The first-order chi connectivity index (χ1) is 14.7. The monoisotopic (exact) mass is 423 g/mol. The highest BCUT2D eigenvalue weighted by molar-refractivity contribution is 6.30. The first-order valence-corrected chi connectivity index (χ1v) is 10.8. The summed E-state index contributed by atoms with van der Waals surface area (Å²) in [4.78, 5) is 13.2. The van der Waals surface area contributed by atoms with Gasteiger partial charge < -0.3 is 10.4 Å². The van der Waals surface area contributed by atoms with Crippen LogP contribution < -0.4 is 5.32 Å². The summed E-state index contributed by atoms with van der Waals surface area (Å²) in [6.45, 7) is 0.416. The molecule has 0 fully saturated rings. The van der Waals surface area contributed by atoms with E-state index in [2.05, 4.69) is 5.32 Å². The van der Waals surface area contributed by atoms with Gasteiger partial charge >= 0.3 is 0 Å². The summed E-state index contributed by atoms with van der Waals surface area (Å²) in [6.07, 6.45) is 5.06. The predicted octanol–water partition coefficient (Wildman–Crippen LogP) is 4.32. The Morgan fingerprint density at radius 2 is 1.90 bits per heavy atom. The summed E-state index contributed by atoms with van der Waals surface area (Å²) in [5.74, 6) is -0.235. The molecule has 1 heterocycles. The van der Waals surface area contributed by atoms with E-state index in [0.29, 0.717) is 17.3 Å². The third-order valence-electron chi connectivity index (χ3n) is 5.63. The lowest BCUT2D eigenvalue weighted by Crippen LogP contribution is -2.31. The van der Waals surface area contributed by atoms with Gasteiger partial charge in [0, 0.05) is 16.3 Å². The van der Waals surface area contributed by atoms with Gasteiger partial charge in [0.15, 0.2) is 5.69 Å². The van der Waals surface area contributed by atoms with Crippen LogP contribution in [0.1, 0.15) is 58.2 Å². The second-order valence-electron chi connectivity index (χ2n) is 7.74. The summed E-state index contributed by atoms with van der Waals surface area (Å²) in [5, 5.41) is 18.2. The van der Waals surface area contributed by atoms with Gasteiger partial charge in [-0.2, -0.15) is 5.10 Å². The highest BCUT2D eigenvalue weighted by Gasteiger charge is 2.26. The number of aliphatic hydroxyl groups is 1. The fourth-order valence-electron chi connectivity index (χ4n) is 4.12. The lowest BCUT2D eigenvalue weighted by atomic mass is 10.1. The van der Waals surface area contributed by atoms with Crippen molar-refractivity contribution in [2.24, 2.45) is 0 Å². The van der Waals surface area contributed by atoms with Crippen molar-refractivity contribution in [3.8, 4) is 0 Å². The second-order valence-corrected chi connectivity index (χ2v) is 8.18. The van der Waals surface area contributed by atoms with Gasteiger partial charge in [0.25, 0.3) is 5.91 Å². The molecule has 0 saturated heterocycles. The van der Waals surface area contributed by atoms with E-state index >= 15 is 0 Å². The summed E-state index contributed by atoms with van der Waals surface area (Å²) in [5.41, 5.74) is 4.58. The SMILES string of the molecule is O=C(N[C@H](CO)c1ccccc1)c1nn(Cc2cccc(Cl)c2)c2c1CCCCC2. The zero-order chi connectivity index (χ0) is 20.9. The van der Waals surface area contributed by atoms with Crippen LogP contribution in [0.15, 0.2) is 54.6 Å². The van der Waals surface area contributed by atoms with Gasteiger partial charge in [0.05, 0.1) is 19.2 Å². The number of nitrogens with one attached hydrogen (secondary N) is 1. The number of halogens is 1. The smallest absolute Gasteiger partial charge is 0.272 e. The predicted molar refractivity (Wildman–Crippen MR) is 118 cm³/mol. The van der Waals surface area contributed by atoms with E-state index in [4.69, 9.17) is 16.7 Å². The number of hydrogen-bond acceptors (Lipinski definition) is 3. The van der Waals surface area contributed by atoms with Crippen molar-refractivity contribution < 1.29 is 9.90 Å². The molecule has 0 unspecified atom stereocenters. The van der Waals surface area contributed by atoms with Gasteiger partial charge in [-0.25, -0.2) is 0 Å². The summed E-state index contributed by atoms with van der Waals surface area (Å²) >= 11 is 6.15. The normalized spacial score (nSPS) is 14.6. The minimum atomic E-state index is -0.460. The fourth-order valence-corrected chi connectivity index (χ4v) is 4.33. The molecule has 6 heteroatoms. The number of amides is 1. The topological polar surface area (TPSA) is 67.2 Å². The fraction of sp³-hybridized carbons (Fsp3) is 0.333. The van der Waals surface area contributed by atoms with Crippen LogP contribution >= 0.6 is 11.6 Å². The number of hydrogen-bond donors (Lipinski definition) is 2. The molecular weight excluding hydrogens is 398 g/mol. The molecule has 5 nitrogen and oxygen atoms in total. The van der Waals surface area contributed by atoms with Crippen molar-refractivity contribution in [1.29, 1.82) is 0 Å². The highest BCUT2D eigenvalue weighted by Crippen LogP contribution is 2.26. The van der Waals surface area contributed by atoms with Crippen molar-refractivity contribution >= 4 is 17.5 Å². The Morgan fingerprint density at radius 1 is 1.10 bits per heavy atom. The van der Waals surface area contributed by atoms with Crippen LogP contribution in [0.3, 0.4) is 0 Å². The van der Waals surface area contributed by atoms with Gasteiger partial charge in [-0.3, -0.25) is 9.48 Å². The van der Waals surface area contributed by atoms with E-state index in [1.807, 2.05) is 59.3 Å². The van der Waals surface area contributed by atoms with Crippen molar-refractivity contribution in [3.63, 3.8) is 0 Å². The zero-order valence-corrected chi connectivity index (χ0v) is 17.6. The number of aliphatic hydroxyl groups excluding tert-OH is 1. The number of nitrogens with zero attached hydrogens (tertiary/aromatic N) is 2. The van der Waals surface area contributed by atoms with Crippen molar-refractivity contribution in [1.82, 2.24) is 15.1 Å². The molecule has 0 spiro atoms. The standard InChI is InChI=1S/C24H26ClN3O2/c25-19-11-7-8-17(14-19)15-28-22-13-6-2-5-12-20(22)23(27-28)24(30)26-21(16-29)18-9-3-1-4-10-18/h1,3-4,7-11,14,21,29H,2,5-6,12-13,15-16H2,(H,26,30)/t21-/m1/s1. The van der Waals surface area contributed by atoms with E-state index < -0.39 is 6.04 Å². The van der Waals surface area contributed by atoms with E-state index in [1.54, 1.807) is 0 Å². The molecule has 1 amide bonds. The molecule has 1 atom stereocenters. The molecule has 3 aromatic rings. The molecular formula is C24H26ClN3O2. The van der Waals surface area contributed by atoms with Crippen molar-refractivity contribution in [3.05, 3.63) is 87.7 Å². The maximum Gasteiger partial charge on any atom is 0.272 e. The minimum Gasteiger partial charge on any atom is -0.394 e. The lowest BCUT2D eigenvalue weighted by molar-refractivity contribution is 0.0909. The molecule has 2 aromatic carbocycles. The molecule has 1 aliphatic rings. The number of carbonyl (C=O) groups excluding carboxylic acids is 1. The molecule has 30 heavy (non-hydrogen) atoms. The Hall–Kier alpha value is -2.63. The van der Waals surface area contributed by atoms with Gasteiger partial charge in [-0.15, -0.1) is 0 Å². The quantitative estimate of drug-likeness (QED) is 0.580. The van der Waals surface area contributed by atoms with Crippen LogP contribution in [0, 0.1) is 0 Å². The Balaban J connectivity index is 1.63. The molecule has 0 bridgehead atoms. The van der Waals surface area contributed by atoms with Gasteiger partial charge in [0.1, 0.15) is 0 Å². The Morgan fingerprint density at radius 3 is 2.67 bits per heavy atom. The highest BCUT2D eigenvalue weighted by atomic mass is 35.5. The first-order valence-electron chi connectivity index (χ1n) is 10.5. The van der Waals surface area contributed by atoms with Crippen molar-refractivity contribution in [2.75, 3.05) is 6.61 Å². The largest absolute Gasteiger partial charge is 0.394 e. The number of aromatic nitrogens is 2. The van der Waals surface area contributed by atoms with Crippen molar-refractivity contribution in [2.45, 2.75) is 44.7 Å². The maximum atomic E-state index is 13.2. The molecule has 0 aliphatic heterocycles. The number of fused-ring (bicyclic) bond motifs is 1.